The number of para-hydroxylation sites is 1. The zero-order valence-corrected chi connectivity index (χ0v) is 9.75. The average molecular weight is 241 g/mol. The van der Waals surface area contributed by atoms with Crippen LogP contribution < -0.4 is 10.3 Å². The second-order valence-corrected chi connectivity index (χ2v) is 3.84. The van der Waals surface area contributed by atoms with Crippen molar-refractivity contribution >= 4 is 5.65 Å². The van der Waals surface area contributed by atoms with E-state index in [1.165, 1.54) is 10.6 Å². The Kier molecular flexibility index (Phi) is 2.37. The molecule has 1 aromatic carbocycles. The number of nitrogens with one attached hydrogen (secondary N) is 1. The molecule has 0 spiro atoms. The van der Waals surface area contributed by atoms with E-state index in [9.17, 15) is 4.79 Å². The Morgan fingerprint density at radius 2 is 2.11 bits per heavy atom. The third-order valence-electron chi connectivity index (χ3n) is 2.76. The monoisotopic (exact) mass is 241 g/mol. The van der Waals surface area contributed by atoms with Crippen LogP contribution in [0, 0.1) is 0 Å². The van der Waals surface area contributed by atoms with Gasteiger partial charge in [-0.1, -0.05) is 12.1 Å². The molecule has 90 valence electrons. The molecule has 0 radical (unpaired) electrons. The van der Waals surface area contributed by atoms with Crippen molar-refractivity contribution in [3.05, 3.63) is 52.9 Å². The van der Waals surface area contributed by atoms with Crippen LogP contribution in [0.4, 0.5) is 0 Å². The van der Waals surface area contributed by atoms with Crippen LogP contribution >= 0.6 is 0 Å². The van der Waals surface area contributed by atoms with Crippen LogP contribution in [0.3, 0.4) is 0 Å². The standard InChI is InChI=1S/C13H11N3O2/c1-18-11-5-3-2-4-9(11)10-8-13(17)16-12(15-10)6-7-14-16/h2-8,14H,1H3. The molecule has 0 saturated carbocycles. The average Bonchev–Trinajstić information content (AvgIpc) is 2.87. The number of ether oxygens (including phenoxy) is 1. The number of hydrogen-bond donors (Lipinski definition) is 1. The summed E-state index contributed by atoms with van der Waals surface area (Å²) in [7, 11) is 1.60. The first-order valence-corrected chi connectivity index (χ1v) is 5.50. The van der Waals surface area contributed by atoms with Crippen molar-refractivity contribution in [3.8, 4) is 17.0 Å². The maximum atomic E-state index is 11.9. The summed E-state index contributed by atoms with van der Waals surface area (Å²) in [6, 6.07) is 10.7. The molecule has 0 atom stereocenters. The molecular formula is C13H11N3O2. The first-order chi connectivity index (χ1) is 8.79. The highest BCUT2D eigenvalue weighted by molar-refractivity contribution is 5.68. The van der Waals surface area contributed by atoms with Crippen LogP contribution in [0.5, 0.6) is 5.75 Å². The first-order valence-electron chi connectivity index (χ1n) is 5.50. The van der Waals surface area contributed by atoms with Gasteiger partial charge in [-0.2, -0.15) is 0 Å². The predicted octanol–water partition coefficient (Wildman–Crippen LogP) is 1.70. The highest BCUT2D eigenvalue weighted by Gasteiger charge is 2.09. The maximum Gasteiger partial charge on any atom is 0.273 e. The van der Waals surface area contributed by atoms with Crippen molar-refractivity contribution in [3.63, 3.8) is 0 Å². The van der Waals surface area contributed by atoms with Gasteiger partial charge in [0.25, 0.3) is 5.56 Å². The highest BCUT2D eigenvalue weighted by atomic mass is 16.5. The van der Waals surface area contributed by atoms with Gasteiger partial charge in [0, 0.05) is 23.9 Å². The Morgan fingerprint density at radius 1 is 1.28 bits per heavy atom. The number of nitrogens with zero attached hydrogens (tertiary/aromatic N) is 2. The van der Waals surface area contributed by atoms with Gasteiger partial charge in [-0.3, -0.25) is 9.89 Å². The lowest BCUT2D eigenvalue weighted by atomic mass is 10.1. The van der Waals surface area contributed by atoms with Crippen molar-refractivity contribution < 1.29 is 4.74 Å². The van der Waals surface area contributed by atoms with Gasteiger partial charge in [0.15, 0.2) is 5.65 Å². The molecule has 0 saturated heterocycles. The number of methoxy groups -OCH3 is 1. The minimum atomic E-state index is -0.147. The van der Waals surface area contributed by atoms with E-state index < -0.39 is 0 Å². The number of fused-ring (bicyclic) bond motifs is 1. The summed E-state index contributed by atoms with van der Waals surface area (Å²) in [4.78, 5) is 16.3. The second-order valence-electron chi connectivity index (χ2n) is 3.84. The number of aromatic amines is 1. The van der Waals surface area contributed by atoms with Gasteiger partial charge < -0.3 is 4.74 Å². The Hall–Kier alpha value is -2.56. The Labute approximate surface area is 103 Å². The molecule has 1 N–H and O–H groups in total. The molecule has 0 bridgehead atoms. The Balaban J connectivity index is 2.28. The molecule has 3 aromatic rings. The largest absolute Gasteiger partial charge is 0.496 e. The topological polar surface area (TPSA) is 59.4 Å². The summed E-state index contributed by atoms with van der Waals surface area (Å²) in [5, 5.41) is 2.81. The van der Waals surface area contributed by atoms with E-state index >= 15 is 0 Å². The molecule has 0 aliphatic rings. The molecule has 0 amide bonds. The SMILES string of the molecule is COc1ccccc1-c1cc(=O)n2[nH]ccc2n1. The Morgan fingerprint density at radius 3 is 2.94 bits per heavy atom. The number of rotatable bonds is 2. The van der Waals surface area contributed by atoms with Crippen molar-refractivity contribution in [2.75, 3.05) is 7.11 Å². The summed E-state index contributed by atoms with van der Waals surface area (Å²) < 4.78 is 6.66. The van der Waals surface area contributed by atoms with Gasteiger partial charge in [0.1, 0.15) is 5.75 Å². The molecule has 5 heteroatoms. The van der Waals surface area contributed by atoms with E-state index in [4.69, 9.17) is 4.74 Å². The molecule has 0 fully saturated rings. The summed E-state index contributed by atoms with van der Waals surface area (Å²) in [5.74, 6) is 0.698. The summed E-state index contributed by atoms with van der Waals surface area (Å²) in [6.07, 6.45) is 1.68. The number of aromatic nitrogens is 3. The van der Waals surface area contributed by atoms with E-state index in [0.29, 0.717) is 17.1 Å². The van der Waals surface area contributed by atoms with E-state index in [1.807, 2.05) is 24.3 Å². The summed E-state index contributed by atoms with van der Waals surface area (Å²) in [6.45, 7) is 0. The number of H-pyrrole nitrogens is 1. The zero-order chi connectivity index (χ0) is 12.5. The minimum Gasteiger partial charge on any atom is -0.496 e. The molecule has 0 aliphatic heterocycles. The second kappa shape index (κ2) is 4.03. The molecular weight excluding hydrogens is 230 g/mol. The molecule has 0 aliphatic carbocycles. The van der Waals surface area contributed by atoms with Crippen LogP contribution in [0.2, 0.25) is 0 Å². The fourth-order valence-electron chi connectivity index (χ4n) is 1.92. The van der Waals surface area contributed by atoms with E-state index in [0.717, 1.165) is 5.56 Å². The van der Waals surface area contributed by atoms with Crippen LogP contribution in [0.1, 0.15) is 0 Å². The summed E-state index contributed by atoms with van der Waals surface area (Å²) in [5.41, 5.74) is 1.85. The summed E-state index contributed by atoms with van der Waals surface area (Å²) >= 11 is 0. The normalized spacial score (nSPS) is 10.7. The lowest BCUT2D eigenvalue weighted by Gasteiger charge is -2.07. The van der Waals surface area contributed by atoms with Crippen LogP contribution in [0.25, 0.3) is 16.9 Å². The molecule has 5 nitrogen and oxygen atoms in total. The quantitative estimate of drug-likeness (QED) is 0.742. The lowest BCUT2D eigenvalue weighted by Crippen LogP contribution is -2.14. The zero-order valence-electron chi connectivity index (χ0n) is 9.75. The van der Waals surface area contributed by atoms with Gasteiger partial charge in [-0.25, -0.2) is 9.50 Å². The minimum absolute atomic E-state index is 0.147. The molecule has 0 unspecified atom stereocenters. The van der Waals surface area contributed by atoms with Gasteiger partial charge in [-0.15, -0.1) is 0 Å². The van der Waals surface area contributed by atoms with Crippen molar-refractivity contribution in [1.29, 1.82) is 0 Å². The van der Waals surface area contributed by atoms with E-state index in [1.54, 1.807) is 19.4 Å². The maximum absolute atomic E-state index is 11.9. The van der Waals surface area contributed by atoms with E-state index in [2.05, 4.69) is 10.1 Å². The molecule has 18 heavy (non-hydrogen) atoms. The number of hydrogen-bond acceptors (Lipinski definition) is 3. The van der Waals surface area contributed by atoms with Crippen molar-refractivity contribution in [2.24, 2.45) is 0 Å². The van der Waals surface area contributed by atoms with E-state index in [-0.39, 0.29) is 5.56 Å². The van der Waals surface area contributed by atoms with Gasteiger partial charge >= 0.3 is 0 Å². The van der Waals surface area contributed by atoms with Crippen molar-refractivity contribution in [2.45, 2.75) is 0 Å². The fourth-order valence-corrected chi connectivity index (χ4v) is 1.92. The van der Waals surface area contributed by atoms with Gasteiger partial charge in [0.05, 0.1) is 12.8 Å². The van der Waals surface area contributed by atoms with Crippen molar-refractivity contribution in [1.82, 2.24) is 14.6 Å². The fraction of sp³-hybridized carbons (Fsp3) is 0.0769. The number of benzene rings is 1. The van der Waals surface area contributed by atoms with Gasteiger partial charge in [-0.05, 0) is 12.1 Å². The Bertz CT molecular complexity index is 758. The molecule has 2 aromatic heterocycles. The molecule has 2 heterocycles. The van der Waals surface area contributed by atoms with Crippen LogP contribution in [-0.2, 0) is 0 Å². The van der Waals surface area contributed by atoms with Gasteiger partial charge in [0.2, 0.25) is 0 Å². The smallest absolute Gasteiger partial charge is 0.273 e. The van der Waals surface area contributed by atoms with Crippen LogP contribution in [0.15, 0.2) is 47.4 Å². The molecule has 3 rings (SSSR count). The predicted molar refractivity (Wildman–Crippen MR) is 67.8 cm³/mol. The lowest BCUT2D eigenvalue weighted by molar-refractivity contribution is 0.416. The van der Waals surface area contributed by atoms with Crippen LogP contribution in [-0.4, -0.2) is 21.7 Å². The third kappa shape index (κ3) is 1.57. The highest BCUT2D eigenvalue weighted by Crippen LogP contribution is 2.27. The third-order valence-corrected chi connectivity index (χ3v) is 2.76. The first kappa shape index (κ1) is 10.6.